The van der Waals surface area contributed by atoms with Crippen molar-refractivity contribution in [3.63, 3.8) is 0 Å². The van der Waals surface area contributed by atoms with Gasteiger partial charge in [-0.15, -0.1) is 0 Å². The number of aromatic nitrogens is 3. The maximum Gasteiger partial charge on any atom is 0.231 e. The lowest BCUT2D eigenvalue weighted by atomic mass is 10.1. The third kappa shape index (κ3) is 1.82. The molecular formula is C14H13N3O. The van der Waals surface area contributed by atoms with Gasteiger partial charge in [-0.25, -0.2) is 9.97 Å². The number of ether oxygens (including phenoxy) is 1. The minimum Gasteiger partial charge on any atom is -0.438 e. The van der Waals surface area contributed by atoms with Crippen molar-refractivity contribution in [2.24, 2.45) is 0 Å². The normalized spacial score (nSPS) is 10.7. The SMILES string of the molecule is CCc1ccccc1Oc1ncnc2[nH]ccc12. The van der Waals surface area contributed by atoms with Gasteiger partial charge in [0, 0.05) is 6.20 Å². The fraction of sp³-hybridized carbons (Fsp3) is 0.143. The van der Waals surface area contributed by atoms with Crippen LogP contribution in [-0.2, 0) is 6.42 Å². The molecule has 0 amide bonds. The van der Waals surface area contributed by atoms with E-state index in [0.29, 0.717) is 5.88 Å². The highest BCUT2D eigenvalue weighted by Gasteiger charge is 2.08. The van der Waals surface area contributed by atoms with Crippen molar-refractivity contribution in [3.05, 3.63) is 48.4 Å². The van der Waals surface area contributed by atoms with Crippen LogP contribution < -0.4 is 4.74 Å². The first-order chi connectivity index (χ1) is 8.88. The molecule has 2 heterocycles. The molecule has 1 N–H and O–H groups in total. The van der Waals surface area contributed by atoms with E-state index in [9.17, 15) is 0 Å². The van der Waals surface area contributed by atoms with E-state index in [4.69, 9.17) is 4.74 Å². The fourth-order valence-corrected chi connectivity index (χ4v) is 1.93. The largest absolute Gasteiger partial charge is 0.438 e. The molecule has 3 aromatic rings. The van der Waals surface area contributed by atoms with E-state index in [-0.39, 0.29) is 0 Å². The highest BCUT2D eigenvalue weighted by atomic mass is 16.5. The van der Waals surface area contributed by atoms with Gasteiger partial charge >= 0.3 is 0 Å². The van der Waals surface area contributed by atoms with Gasteiger partial charge in [0.2, 0.25) is 5.88 Å². The molecule has 1 aromatic carbocycles. The molecule has 0 spiro atoms. The number of H-pyrrole nitrogens is 1. The summed E-state index contributed by atoms with van der Waals surface area (Å²) in [5.41, 5.74) is 1.95. The van der Waals surface area contributed by atoms with Crippen molar-refractivity contribution in [2.75, 3.05) is 0 Å². The van der Waals surface area contributed by atoms with Crippen LogP contribution in [0.2, 0.25) is 0 Å². The van der Waals surface area contributed by atoms with Crippen LogP contribution in [0.4, 0.5) is 0 Å². The summed E-state index contributed by atoms with van der Waals surface area (Å²) >= 11 is 0. The summed E-state index contributed by atoms with van der Waals surface area (Å²) in [5, 5.41) is 0.892. The Morgan fingerprint density at radius 1 is 1.17 bits per heavy atom. The second kappa shape index (κ2) is 4.49. The minimum atomic E-state index is 0.585. The Bertz CT molecular complexity index is 675. The highest BCUT2D eigenvalue weighted by molar-refractivity contribution is 5.80. The molecule has 18 heavy (non-hydrogen) atoms. The number of aryl methyl sites for hydroxylation is 1. The van der Waals surface area contributed by atoms with Crippen LogP contribution in [-0.4, -0.2) is 15.0 Å². The lowest BCUT2D eigenvalue weighted by Gasteiger charge is -2.09. The Hall–Kier alpha value is -2.36. The first-order valence-corrected chi connectivity index (χ1v) is 5.92. The van der Waals surface area contributed by atoms with Crippen molar-refractivity contribution in [2.45, 2.75) is 13.3 Å². The van der Waals surface area contributed by atoms with E-state index >= 15 is 0 Å². The summed E-state index contributed by atoms with van der Waals surface area (Å²) in [7, 11) is 0. The molecule has 0 saturated carbocycles. The number of para-hydroxylation sites is 1. The average Bonchev–Trinajstić information content (AvgIpc) is 2.89. The molecular weight excluding hydrogens is 226 g/mol. The van der Waals surface area contributed by atoms with Crippen LogP contribution in [0, 0.1) is 0 Å². The quantitative estimate of drug-likeness (QED) is 0.762. The minimum absolute atomic E-state index is 0.585. The molecule has 0 bridgehead atoms. The average molecular weight is 239 g/mol. The van der Waals surface area contributed by atoms with E-state index in [1.165, 1.54) is 11.9 Å². The molecule has 0 fully saturated rings. The van der Waals surface area contributed by atoms with Crippen LogP contribution >= 0.6 is 0 Å². The third-order valence-electron chi connectivity index (χ3n) is 2.88. The maximum atomic E-state index is 5.90. The predicted octanol–water partition coefficient (Wildman–Crippen LogP) is 3.31. The summed E-state index contributed by atoms with van der Waals surface area (Å²) < 4.78 is 5.90. The zero-order valence-corrected chi connectivity index (χ0v) is 10.1. The van der Waals surface area contributed by atoms with Crippen LogP contribution in [0.3, 0.4) is 0 Å². The predicted molar refractivity (Wildman–Crippen MR) is 69.8 cm³/mol. The number of aromatic amines is 1. The number of hydrogen-bond acceptors (Lipinski definition) is 3. The molecule has 0 atom stereocenters. The number of nitrogens with one attached hydrogen (secondary N) is 1. The highest BCUT2D eigenvalue weighted by Crippen LogP contribution is 2.28. The Morgan fingerprint density at radius 2 is 2.06 bits per heavy atom. The zero-order valence-electron chi connectivity index (χ0n) is 10.1. The maximum absolute atomic E-state index is 5.90. The van der Waals surface area contributed by atoms with Gasteiger partial charge in [-0.05, 0) is 24.1 Å². The van der Waals surface area contributed by atoms with Crippen LogP contribution in [0.15, 0.2) is 42.9 Å². The molecule has 4 nitrogen and oxygen atoms in total. The lowest BCUT2D eigenvalue weighted by Crippen LogP contribution is -1.93. The number of hydrogen-bond donors (Lipinski definition) is 1. The summed E-state index contributed by atoms with van der Waals surface area (Å²) in [4.78, 5) is 11.4. The first kappa shape index (κ1) is 10.8. The number of fused-ring (bicyclic) bond motifs is 1. The molecule has 2 aromatic heterocycles. The smallest absolute Gasteiger partial charge is 0.231 e. The fourth-order valence-electron chi connectivity index (χ4n) is 1.93. The van der Waals surface area contributed by atoms with Gasteiger partial charge in [-0.1, -0.05) is 25.1 Å². The molecule has 0 saturated heterocycles. The number of benzene rings is 1. The first-order valence-electron chi connectivity index (χ1n) is 5.92. The second-order valence-electron chi connectivity index (χ2n) is 3.98. The van der Waals surface area contributed by atoms with E-state index < -0.39 is 0 Å². The summed E-state index contributed by atoms with van der Waals surface area (Å²) in [5.74, 6) is 1.43. The third-order valence-corrected chi connectivity index (χ3v) is 2.88. The molecule has 0 aliphatic heterocycles. The van der Waals surface area contributed by atoms with Gasteiger partial charge in [0.15, 0.2) is 0 Å². The van der Waals surface area contributed by atoms with Gasteiger partial charge in [0.05, 0.1) is 5.39 Å². The van der Waals surface area contributed by atoms with Gasteiger partial charge < -0.3 is 9.72 Å². The second-order valence-corrected chi connectivity index (χ2v) is 3.98. The van der Waals surface area contributed by atoms with Crippen LogP contribution in [0.25, 0.3) is 11.0 Å². The van der Waals surface area contributed by atoms with Gasteiger partial charge in [-0.2, -0.15) is 0 Å². The van der Waals surface area contributed by atoms with Crippen molar-refractivity contribution in [1.82, 2.24) is 15.0 Å². The van der Waals surface area contributed by atoms with Crippen molar-refractivity contribution >= 4 is 11.0 Å². The number of rotatable bonds is 3. The molecule has 0 unspecified atom stereocenters. The Balaban J connectivity index is 2.04. The standard InChI is InChI=1S/C14H13N3O/c1-2-10-5-3-4-6-12(10)18-14-11-7-8-15-13(11)16-9-17-14/h3-9H,2H2,1H3,(H,15,16,17). The van der Waals surface area contributed by atoms with Gasteiger partial charge in [-0.3, -0.25) is 0 Å². The van der Waals surface area contributed by atoms with Gasteiger partial charge in [0.1, 0.15) is 17.7 Å². The van der Waals surface area contributed by atoms with Crippen LogP contribution in [0.5, 0.6) is 11.6 Å². The Morgan fingerprint density at radius 3 is 2.94 bits per heavy atom. The van der Waals surface area contributed by atoms with E-state index in [1.54, 1.807) is 0 Å². The molecule has 90 valence electrons. The topological polar surface area (TPSA) is 50.8 Å². The van der Waals surface area contributed by atoms with E-state index in [0.717, 1.165) is 23.2 Å². The van der Waals surface area contributed by atoms with Crippen LogP contribution in [0.1, 0.15) is 12.5 Å². The Labute approximate surface area is 105 Å². The van der Waals surface area contributed by atoms with E-state index in [1.807, 2.05) is 30.5 Å². The molecule has 0 radical (unpaired) electrons. The summed E-state index contributed by atoms with van der Waals surface area (Å²) in [6.45, 7) is 2.11. The lowest BCUT2D eigenvalue weighted by molar-refractivity contribution is 0.463. The Kier molecular flexibility index (Phi) is 2.68. The molecule has 0 aliphatic carbocycles. The monoisotopic (exact) mass is 239 g/mol. The van der Waals surface area contributed by atoms with Crippen molar-refractivity contribution in [3.8, 4) is 11.6 Å². The van der Waals surface area contributed by atoms with Crippen molar-refractivity contribution < 1.29 is 4.74 Å². The molecule has 4 heteroatoms. The van der Waals surface area contributed by atoms with E-state index in [2.05, 4.69) is 27.9 Å². The molecule has 3 rings (SSSR count). The molecule has 0 aliphatic rings. The summed E-state index contributed by atoms with van der Waals surface area (Å²) in [6, 6.07) is 9.91. The zero-order chi connectivity index (χ0) is 12.4. The van der Waals surface area contributed by atoms with Gasteiger partial charge in [0.25, 0.3) is 0 Å². The summed E-state index contributed by atoms with van der Waals surface area (Å²) in [6.07, 6.45) is 4.26. The van der Waals surface area contributed by atoms with Crippen molar-refractivity contribution in [1.29, 1.82) is 0 Å². The number of nitrogens with zero attached hydrogens (tertiary/aromatic N) is 2.